The fourth-order valence-electron chi connectivity index (χ4n) is 2.05. The van der Waals surface area contributed by atoms with E-state index in [0.717, 1.165) is 12.2 Å². The average Bonchev–Trinajstić information content (AvgIpc) is 2.68. The smallest absolute Gasteiger partial charge is 0.103 e. The molecule has 100 valence electrons. The van der Waals surface area contributed by atoms with Crippen LogP contribution in [0, 0.1) is 6.92 Å². The van der Waals surface area contributed by atoms with E-state index in [0.29, 0.717) is 0 Å². The van der Waals surface area contributed by atoms with Crippen molar-refractivity contribution in [1.82, 2.24) is 9.97 Å². The first kappa shape index (κ1) is 16.7. The molecule has 1 N–H and O–H groups in total. The number of aryl methyl sites for hydroxylation is 2. The minimum atomic E-state index is 0. The fourth-order valence-corrected chi connectivity index (χ4v) is 2.05. The summed E-state index contributed by atoms with van der Waals surface area (Å²) in [7, 11) is 0. The van der Waals surface area contributed by atoms with Crippen molar-refractivity contribution >= 4 is 17.0 Å². The van der Waals surface area contributed by atoms with Crippen LogP contribution in [0.2, 0.25) is 0 Å². The Morgan fingerprint density at radius 3 is 2.12 bits per heavy atom. The van der Waals surface area contributed by atoms with Crippen LogP contribution in [0.4, 0.5) is 0 Å². The molecule has 0 unspecified atom stereocenters. The van der Waals surface area contributed by atoms with Crippen LogP contribution >= 0.6 is 17.0 Å². The first-order valence-electron chi connectivity index (χ1n) is 6.83. The van der Waals surface area contributed by atoms with Gasteiger partial charge in [-0.25, -0.2) is 4.98 Å². The molecule has 0 aliphatic rings. The topological polar surface area (TPSA) is 28.7 Å². The second-order valence-electron chi connectivity index (χ2n) is 4.72. The van der Waals surface area contributed by atoms with Crippen molar-refractivity contribution in [3.63, 3.8) is 0 Å². The van der Waals surface area contributed by atoms with Crippen molar-refractivity contribution in [2.24, 2.45) is 0 Å². The lowest BCUT2D eigenvalue weighted by Crippen LogP contribution is -1.86. The largest absolute Gasteiger partial charge is 0.346 e. The number of nitrogens with zero attached hydrogens (tertiary/aromatic N) is 1. The number of nitrogens with one attached hydrogen (secondary N) is 1. The van der Waals surface area contributed by atoms with Crippen LogP contribution in [-0.4, -0.2) is 9.97 Å². The molecule has 0 saturated carbocycles. The minimum absolute atomic E-state index is 0. The number of rotatable bonds is 9. The summed E-state index contributed by atoms with van der Waals surface area (Å²) in [4.78, 5) is 7.49. The first-order chi connectivity index (χ1) is 7.83. The van der Waals surface area contributed by atoms with Crippen molar-refractivity contribution in [1.29, 1.82) is 0 Å². The molecule has 0 amide bonds. The van der Waals surface area contributed by atoms with Gasteiger partial charge in [0.05, 0.1) is 0 Å². The van der Waals surface area contributed by atoms with Crippen molar-refractivity contribution in [2.75, 3.05) is 0 Å². The Hall–Kier alpha value is -0.310. The maximum Gasteiger partial charge on any atom is 0.103 e. The predicted octanol–water partition coefficient (Wildman–Crippen LogP) is 4.98. The second kappa shape index (κ2) is 10.8. The van der Waals surface area contributed by atoms with E-state index in [-0.39, 0.29) is 17.0 Å². The Morgan fingerprint density at radius 2 is 1.59 bits per heavy atom. The monoisotopic (exact) mass is 302 g/mol. The van der Waals surface area contributed by atoms with E-state index in [2.05, 4.69) is 16.9 Å². The number of unbranched alkanes of at least 4 members (excludes halogenated alkanes) is 7. The van der Waals surface area contributed by atoms with E-state index >= 15 is 0 Å². The fraction of sp³-hybridized carbons (Fsp3) is 0.786. The van der Waals surface area contributed by atoms with Gasteiger partial charge >= 0.3 is 0 Å². The number of H-pyrrole nitrogens is 1. The third kappa shape index (κ3) is 8.42. The molecule has 0 bridgehead atoms. The van der Waals surface area contributed by atoms with Crippen LogP contribution in [0.25, 0.3) is 0 Å². The summed E-state index contributed by atoms with van der Waals surface area (Å²) in [6.45, 7) is 4.28. The van der Waals surface area contributed by atoms with E-state index in [9.17, 15) is 0 Å². The van der Waals surface area contributed by atoms with Gasteiger partial charge in [0.15, 0.2) is 0 Å². The molecule has 1 aromatic rings. The Labute approximate surface area is 116 Å². The number of hydrogen-bond donors (Lipinski definition) is 1. The normalized spacial score (nSPS) is 10.2. The van der Waals surface area contributed by atoms with E-state index in [1.807, 2.05) is 13.1 Å². The van der Waals surface area contributed by atoms with E-state index in [4.69, 9.17) is 0 Å². The number of hydrogen-bond acceptors (Lipinski definition) is 1. The quantitative estimate of drug-likeness (QED) is 0.640. The molecule has 0 aliphatic heterocycles. The first-order valence-corrected chi connectivity index (χ1v) is 6.83. The van der Waals surface area contributed by atoms with Gasteiger partial charge in [-0.05, 0) is 19.8 Å². The second-order valence-corrected chi connectivity index (χ2v) is 4.72. The van der Waals surface area contributed by atoms with Gasteiger partial charge in [0.2, 0.25) is 0 Å². The maximum absolute atomic E-state index is 4.21. The van der Waals surface area contributed by atoms with Crippen LogP contribution in [0.15, 0.2) is 6.20 Å². The molecule has 1 aromatic heterocycles. The van der Waals surface area contributed by atoms with Crippen LogP contribution < -0.4 is 0 Å². The molecular weight excluding hydrogens is 276 g/mol. The van der Waals surface area contributed by atoms with Crippen molar-refractivity contribution in [2.45, 2.75) is 71.6 Å². The standard InChI is InChI=1S/C14H26N2.BrH/c1-3-4-5-6-7-8-9-10-11-14-12-15-13(2)16-14;/h12H,3-11H2,1-2H3,(H,15,16);1H. The van der Waals surface area contributed by atoms with Gasteiger partial charge in [0, 0.05) is 11.9 Å². The molecule has 1 heterocycles. The Morgan fingerprint density at radius 1 is 1.00 bits per heavy atom. The van der Waals surface area contributed by atoms with E-state index < -0.39 is 0 Å². The van der Waals surface area contributed by atoms with Gasteiger partial charge in [0.1, 0.15) is 5.82 Å². The predicted molar refractivity (Wildman–Crippen MR) is 80.0 cm³/mol. The van der Waals surface area contributed by atoms with Crippen LogP contribution in [-0.2, 0) is 6.42 Å². The van der Waals surface area contributed by atoms with Gasteiger partial charge in [-0.3, -0.25) is 0 Å². The highest BCUT2D eigenvalue weighted by Crippen LogP contribution is 2.10. The number of halogens is 1. The molecule has 0 saturated heterocycles. The lowest BCUT2D eigenvalue weighted by molar-refractivity contribution is 0.574. The highest BCUT2D eigenvalue weighted by molar-refractivity contribution is 8.93. The van der Waals surface area contributed by atoms with E-state index in [1.54, 1.807) is 0 Å². The van der Waals surface area contributed by atoms with Crippen LogP contribution in [0.5, 0.6) is 0 Å². The molecule has 0 radical (unpaired) electrons. The summed E-state index contributed by atoms with van der Waals surface area (Å²) < 4.78 is 0. The Bertz CT molecular complexity index is 271. The molecule has 1 rings (SSSR count). The molecule has 0 fully saturated rings. The number of imidazole rings is 1. The van der Waals surface area contributed by atoms with Gasteiger partial charge in [-0.15, -0.1) is 17.0 Å². The molecule has 0 atom stereocenters. The van der Waals surface area contributed by atoms with Gasteiger partial charge in [-0.1, -0.05) is 51.9 Å². The van der Waals surface area contributed by atoms with Gasteiger partial charge in [0.25, 0.3) is 0 Å². The summed E-state index contributed by atoms with van der Waals surface area (Å²) in [5, 5.41) is 0. The number of aromatic nitrogens is 2. The number of aromatic amines is 1. The molecule has 0 aromatic carbocycles. The molecule has 2 nitrogen and oxygen atoms in total. The SMILES string of the molecule is Br.CCCCCCCCCCc1cnc(C)[nH]1. The van der Waals surface area contributed by atoms with Crippen molar-refractivity contribution < 1.29 is 0 Å². The molecule has 17 heavy (non-hydrogen) atoms. The zero-order valence-electron chi connectivity index (χ0n) is 11.3. The third-order valence-corrected chi connectivity index (χ3v) is 3.06. The zero-order chi connectivity index (χ0) is 11.6. The summed E-state index contributed by atoms with van der Waals surface area (Å²) in [6, 6.07) is 0. The summed E-state index contributed by atoms with van der Waals surface area (Å²) >= 11 is 0. The van der Waals surface area contributed by atoms with Crippen LogP contribution in [0.3, 0.4) is 0 Å². The summed E-state index contributed by atoms with van der Waals surface area (Å²) in [5.41, 5.74) is 1.29. The van der Waals surface area contributed by atoms with Crippen molar-refractivity contribution in [3.8, 4) is 0 Å². The van der Waals surface area contributed by atoms with E-state index in [1.165, 1.54) is 57.1 Å². The third-order valence-electron chi connectivity index (χ3n) is 3.06. The highest BCUT2D eigenvalue weighted by atomic mass is 79.9. The minimum Gasteiger partial charge on any atom is -0.346 e. The lowest BCUT2D eigenvalue weighted by Gasteiger charge is -2.00. The van der Waals surface area contributed by atoms with Gasteiger partial charge < -0.3 is 4.98 Å². The summed E-state index contributed by atoms with van der Waals surface area (Å²) in [6.07, 6.45) is 14.2. The lowest BCUT2D eigenvalue weighted by atomic mass is 10.1. The van der Waals surface area contributed by atoms with Crippen molar-refractivity contribution in [3.05, 3.63) is 17.7 Å². The Kier molecular flexibility index (Phi) is 10.6. The maximum atomic E-state index is 4.21. The Balaban J connectivity index is 0.00000256. The van der Waals surface area contributed by atoms with Crippen LogP contribution in [0.1, 0.15) is 69.8 Å². The average molecular weight is 303 g/mol. The zero-order valence-corrected chi connectivity index (χ0v) is 13.0. The molecule has 0 aliphatic carbocycles. The molecular formula is C14H27BrN2. The van der Waals surface area contributed by atoms with Gasteiger partial charge in [-0.2, -0.15) is 0 Å². The molecule has 0 spiro atoms. The summed E-state index contributed by atoms with van der Waals surface area (Å²) in [5.74, 6) is 1.04. The highest BCUT2D eigenvalue weighted by Gasteiger charge is 1.96. The molecule has 3 heteroatoms.